The fraction of sp³-hybridized carbons (Fsp3) is 0.200. The van der Waals surface area contributed by atoms with Crippen LogP contribution in [-0.4, -0.2) is 41.1 Å². The molecule has 27 heavy (non-hydrogen) atoms. The lowest BCUT2D eigenvalue weighted by molar-refractivity contribution is -0.143. The van der Waals surface area contributed by atoms with E-state index in [4.69, 9.17) is 27.9 Å². The van der Waals surface area contributed by atoms with Crippen molar-refractivity contribution in [3.63, 3.8) is 0 Å². The molecular weight excluding hydrogens is 389 g/mol. The van der Waals surface area contributed by atoms with Crippen molar-refractivity contribution in [3.05, 3.63) is 69.7 Å². The third-order valence-electron chi connectivity index (χ3n) is 4.63. The summed E-state index contributed by atoms with van der Waals surface area (Å²) in [5.41, 5.74) is 1.45. The number of carboxylic acids is 1. The Kier molecular flexibility index (Phi) is 5.56. The zero-order valence-corrected chi connectivity index (χ0v) is 16.2. The van der Waals surface area contributed by atoms with Crippen molar-refractivity contribution < 1.29 is 19.4 Å². The minimum Gasteiger partial charge on any atom is -0.480 e. The van der Waals surface area contributed by atoms with Crippen LogP contribution in [0.1, 0.15) is 12.5 Å². The van der Waals surface area contributed by atoms with Gasteiger partial charge in [-0.05, 0) is 61.5 Å². The zero-order valence-electron chi connectivity index (χ0n) is 14.6. The first-order valence-corrected chi connectivity index (χ1v) is 8.97. The molecule has 0 amide bonds. The van der Waals surface area contributed by atoms with Crippen LogP contribution in [0.2, 0.25) is 10.0 Å². The van der Waals surface area contributed by atoms with E-state index in [1.165, 1.54) is 0 Å². The second-order valence-corrected chi connectivity index (χ2v) is 7.13. The Hall–Kier alpha value is -2.34. The van der Waals surface area contributed by atoms with Gasteiger partial charge < -0.3 is 9.84 Å². The van der Waals surface area contributed by atoms with Gasteiger partial charge in [0.15, 0.2) is 0 Å². The molecule has 3 rings (SSSR count). The summed E-state index contributed by atoms with van der Waals surface area (Å²) < 4.78 is 5.43. The van der Waals surface area contributed by atoms with E-state index in [9.17, 15) is 14.7 Å². The van der Waals surface area contributed by atoms with Gasteiger partial charge in [0.1, 0.15) is 11.8 Å². The molecule has 2 aromatic rings. The molecule has 1 N–H and O–H groups in total. The average Bonchev–Trinajstić information content (AvgIpc) is 2.89. The van der Waals surface area contributed by atoms with Crippen molar-refractivity contribution in [2.75, 3.05) is 7.05 Å². The van der Waals surface area contributed by atoms with Gasteiger partial charge in [0.05, 0.1) is 5.57 Å². The summed E-state index contributed by atoms with van der Waals surface area (Å²) in [7, 11) is 1.67. The second kappa shape index (κ2) is 7.72. The molecule has 0 bridgehead atoms. The van der Waals surface area contributed by atoms with Crippen LogP contribution in [-0.2, 0) is 9.59 Å². The molecular formula is C20H17Cl2NO4. The van der Waals surface area contributed by atoms with Crippen LogP contribution in [0.3, 0.4) is 0 Å². The van der Waals surface area contributed by atoms with Crippen molar-refractivity contribution in [1.82, 2.24) is 4.90 Å². The third-order valence-corrected chi connectivity index (χ3v) is 5.14. The molecule has 2 unspecified atom stereocenters. The molecule has 5 nitrogen and oxygen atoms in total. The molecule has 7 heteroatoms. The predicted octanol–water partition coefficient (Wildman–Crippen LogP) is 4.14. The van der Waals surface area contributed by atoms with E-state index in [1.807, 2.05) is 6.92 Å². The predicted molar refractivity (Wildman–Crippen MR) is 104 cm³/mol. The maximum Gasteiger partial charge on any atom is 0.342 e. The number of halogens is 2. The quantitative estimate of drug-likeness (QED) is 0.611. The van der Waals surface area contributed by atoms with Crippen molar-refractivity contribution in [1.29, 1.82) is 0 Å². The molecule has 1 heterocycles. The van der Waals surface area contributed by atoms with Gasteiger partial charge in [-0.3, -0.25) is 9.69 Å². The van der Waals surface area contributed by atoms with Gasteiger partial charge in [0.2, 0.25) is 0 Å². The number of rotatable bonds is 4. The van der Waals surface area contributed by atoms with Gasteiger partial charge in [-0.2, -0.15) is 0 Å². The van der Waals surface area contributed by atoms with Crippen LogP contribution >= 0.6 is 23.2 Å². The van der Waals surface area contributed by atoms with Gasteiger partial charge in [-0.1, -0.05) is 35.3 Å². The van der Waals surface area contributed by atoms with Gasteiger partial charge in [-0.25, -0.2) is 4.79 Å². The zero-order chi connectivity index (χ0) is 19.7. The summed E-state index contributed by atoms with van der Waals surface area (Å²) >= 11 is 11.8. The summed E-state index contributed by atoms with van der Waals surface area (Å²) in [5, 5.41) is 10.8. The summed E-state index contributed by atoms with van der Waals surface area (Å²) in [6.45, 7) is 1.85. The first-order valence-electron chi connectivity index (χ1n) is 8.22. The Labute approximate surface area is 166 Å². The van der Waals surface area contributed by atoms with E-state index in [1.54, 1.807) is 60.5 Å². The maximum atomic E-state index is 12.9. The van der Waals surface area contributed by atoms with Gasteiger partial charge >= 0.3 is 11.9 Å². The standard InChI is InChI=1S/C20H17Cl2NO4/c1-11-16(12-3-5-13(21)6-4-12)17(18(19(24)25)23(11)2)20(26)27-15-9-7-14(22)8-10-15/h3-11,18H,1-2H3,(H,24,25). The van der Waals surface area contributed by atoms with E-state index >= 15 is 0 Å². The van der Waals surface area contributed by atoms with E-state index in [-0.39, 0.29) is 11.6 Å². The summed E-state index contributed by atoms with van der Waals surface area (Å²) in [6.07, 6.45) is 0. The molecule has 0 radical (unpaired) electrons. The fourth-order valence-electron chi connectivity index (χ4n) is 3.21. The Bertz CT molecular complexity index is 907. The van der Waals surface area contributed by atoms with E-state index in [0.29, 0.717) is 21.4 Å². The fourth-order valence-corrected chi connectivity index (χ4v) is 3.47. The number of carbonyl (C=O) groups excluding carboxylic acids is 1. The highest BCUT2D eigenvalue weighted by atomic mass is 35.5. The van der Waals surface area contributed by atoms with Gasteiger partial charge in [0, 0.05) is 16.1 Å². The minimum absolute atomic E-state index is 0.106. The molecule has 0 aliphatic carbocycles. The number of carbonyl (C=O) groups is 2. The summed E-state index contributed by atoms with van der Waals surface area (Å²) in [4.78, 5) is 26.4. The SMILES string of the molecule is CC1C(c2ccc(Cl)cc2)=C(C(=O)Oc2ccc(Cl)cc2)C(C(=O)O)N1C. The number of likely N-dealkylation sites (N-methyl/N-ethyl adjacent to an activating group) is 1. The highest BCUT2D eigenvalue weighted by Crippen LogP contribution is 2.37. The monoisotopic (exact) mass is 405 g/mol. The number of carboxylic acid groups (broad SMARTS) is 1. The molecule has 0 saturated heterocycles. The molecule has 140 valence electrons. The van der Waals surface area contributed by atoms with Crippen LogP contribution < -0.4 is 4.74 Å². The number of nitrogens with zero attached hydrogens (tertiary/aromatic N) is 1. The highest BCUT2D eigenvalue weighted by molar-refractivity contribution is 6.30. The number of esters is 1. The Balaban J connectivity index is 2.07. The lowest BCUT2D eigenvalue weighted by Gasteiger charge is -2.22. The van der Waals surface area contributed by atoms with E-state index < -0.39 is 18.0 Å². The number of benzene rings is 2. The largest absolute Gasteiger partial charge is 0.480 e. The molecule has 0 saturated carbocycles. The van der Waals surface area contributed by atoms with Crippen LogP contribution in [0, 0.1) is 0 Å². The average molecular weight is 406 g/mol. The Morgan fingerprint density at radius 3 is 2.04 bits per heavy atom. The van der Waals surface area contributed by atoms with Crippen molar-refractivity contribution in [2.24, 2.45) is 0 Å². The lowest BCUT2D eigenvalue weighted by atomic mass is 9.95. The summed E-state index contributed by atoms with van der Waals surface area (Å²) in [5.74, 6) is -1.53. The van der Waals surface area contributed by atoms with Crippen molar-refractivity contribution >= 4 is 40.7 Å². The molecule has 2 atom stereocenters. The first-order chi connectivity index (χ1) is 12.8. The van der Waals surface area contributed by atoms with Crippen LogP contribution in [0.4, 0.5) is 0 Å². The molecule has 0 fully saturated rings. The van der Waals surface area contributed by atoms with Crippen molar-refractivity contribution in [3.8, 4) is 5.75 Å². The molecule has 0 aromatic heterocycles. The van der Waals surface area contributed by atoms with Crippen LogP contribution in [0.15, 0.2) is 54.1 Å². The number of aliphatic carboxylic acids is 1. The maximum absolute atomic E-state index is 12.9. The lowest BCUT2D eigenvalue weighted by Crippen LogP contribution is -2.40. The molecule has 1 aliphatic rings. The highest BCUT2D eigenvalue weighted by Gasteiger charge is 2.44. The molecule has 1 aliphatic heterocycles. The second-order valence-electron chi connectivity index (χ2n) is 6.26. The number of ether oxygens (including phenoxy) is 1. The topological polar surface area (TPSA) is 66.8 Å². The number of hydrogen-bond donors (Lipinski definition) is 1. The Morgan fingerprint density at radius 1 is 1.00 bits per heavy atom. The van der Waals surface area contributed by atoms with Crippen molar-refractivity contribution in [2.45, 2.75) is 19.0 Å². The van der Waals surface area contributed by atoms with E-state index in [0.717, 1.165) is 5.56 Å². The van der Waals surface area contributed by atoms with Gasteiger partial charge in [0.25, 0.3) is 0 Å². The smallest absolute Gasteiger partial charge is 0.342 e. The first kappa shape index (κ1) is 19.4. The minimum atomic E-state index is -1.11. The summed E-state index contributed by atoms with van der Waals surface area (Å²) in [6, 6.07) is 11.8. The molecule has 0 spiro atoms. The molecule has 2 aromatic carbocycles. The van der Waals surface area contributed by atoms with E-state index in [2.05, 4.69) is 0 Å². The Morgan fingerprint density at radius 2 is 1.52 bits per heavy atom. The van der Waals surface area contributed by atoms with Gasteiger partial charge in [-0.15, -0.1) is 0 Å². The number of hydrogen-bond acceptors (Lipinski definition) is 4. The van der Waals surface area contributed by atoms with Crippen LogP contribution in [0.25, 0.3) is 5.57 Å². The third kappa shape index (κ3) is 3.86. The van der Waals surface area contributed by atoms with Crippen LogP contribution in [0.5, 0.6) is 5.75 Å². The normalized spacial score (nSPS) is 20.0.